The molecule has 0 bridgehead atoms. The molecule has 0 unspecified atom stereocenters. The predicted molar refractivity (Wildman–Crippen MR) is 104 cm³/mol. The first-order valence-electron chi connectivity index (χ1n) is 10.1. The van der Waals surface area contributed by atoms with E-state index in [4.69, 9.17) is 0 Å². The summed E-state index contributed by atoms with van der Waals surface area (Å²) in [6.45, 7) is 7.77. The molecule has 3 atom stereocenters. The molecule has 0 spiro atoms. The molecule has 0 saturated carbocycles. The molecule has 3 aliphatic rings. The molecular formula is C20H31N3O2S. The summed E-state index contributed by atoms with van der Waals surface area (Å²) in [5.74, 6) is 0.468. The maximum Gasteiger partial charge on any atom is 0.282 e. The second kappa shape index (κ2) is 7.23. The molecule has 0 aromatic heterocycles. The summed E-state index contributed by atoms with van der Waals surface area (Å²) in [5, 5.41) is 0. The molecule has 3 heterocycles. The summed E-state index contributed by atoms with van der Waals surface area (Å²) in [4.78, 5) is 2.61. The average Bonchev–Trinajstić information content (AvgIpc) is 2.66. The normalized spacial score (nSPS) is 29.9. The largest absolute Gasteiger partial charge is 0.296 e. The Labute approximate surface area is 158 Å². The molecule has 0 N–H and O–H groups in total. The summed E-state index contributed by atoms with van der Waals surface area (Å²) in [5.41, 5.74) is 2.86. The van der Waals surface area contributed by atoms with Crippen LogP contribution in [0.4, 0.5) is 0 Å². The third-order valence-corrected chi connectivity index (χ3v) is 8.87. The predicted octanol–water partition coefficient (Wildman–Crippen LogP) is 2.66. The van der Waals surface area contributed by atoms with Gasteiger partial charge in [0.1, 0.15) is 0 Å². The first kappa shape index (κ1) is 18.4. The zero-order chi connectivity index (χ0) is 18.3. The van der Waals surface area contributed by atoms with Crippen LogP contribution >= 0.6 is 0 Å². The monoisotopic (exact) mass is 377 g/mol. The number of nitrogens with zero attached hydrogens (tertiary/aromatic N) is 3. The molecule has 3 aliphatic heterocycles. The molecule has 4 rings (SSSR count). The standard InChI is InChI=1S/C20H31N3O2S/c1-3-22(4-2)26(24,25)23-12-7-9-17-15-21-13-11-16-8-5-6-10-18(16)20(21)14-19(17)23/h5-6,8,10,17,19-20H,3-4,7,9,11-15H2,1-2H3/t17-,19+,20+/m1/s1. The lowest BCUT2D eigenvalue weighted by molar-refractivity contribution is 0.0199. The molecule has 26 heavy (non-hydrogen) atoms. The van der Waals surface area contributed by atoms with Crippen LogP contribution in [0.2, 0.25) is 0 Å². The molecule has 2 saturated heterocycles. The molecule has 1 aromatic carbocycles. The fourth-order valence-corrected chi connectivity index (χ4v) is 7.25. The highest BCUT2D eigenvalue weighted by atomic mass is 32.2. The zero-order valence-corrected chi connectivity index (χ0v) is 16.8. The molecule has 5 nitrogen and oxygen atoms in total. The van der Waals surface area contributed by atoms with E-state index in [1.54, 1.807) is 4.31 Å². The van der Waals surface area contributed by atoms with Gasteiger partial charge in [0.05, 0.1) is 0 Å². The van der Waals surface area contributed by atoms with Crippen molar-refractivity contribution in [2.24, 2.45) is 5.92 Å². The zero-order valence-electron chi connectivity index (χ0n) is 16.0. The highest BCUT2D eigenvalue weighted by Gasteiger charge is 2.46. The first-order valence-corrected chi connectivity index (χ1v) is 11.5. The molecular weight excluding hydrogens is 346 g/mol. The number of benzene rings is 1. The van der Waals surface area contributed by atoms with Crippen molar-refractivity contribution >= 4 is 10.2 Å². The van der Waals surface area contributed by atoms with Crippen molar-refractivity contribution in [3.63, 3.8) is 0 Å². The van der Waals surface area contributed by atoms with Gasteiger partial charge < -0.3 is 0 Å². The van der Waals surface area contributed by atoms with Gasteiger partial charge in [-0.3, -0.25) is 4.90 Å². The first-order chi connectivity index (χ1) is 12.6. The van der Waals surface area contributed by atoms with Gasteiger partial charge >= 0.3 is 0 Å². The summed E-state index contributed by atoms with van der Waals surface area (Å²) in [6.07, 6.45) is 4.18. The summed E-state index contributed by atoms with van der Waals surface area (Å²) < 4.78 is 30.0. The maximum atomic E-state index is 13.2. The molecule has 6 heteroatoms. The minimum absolute atomic E-state index is 0.141. The smallest absolute Gasteiger partial charge is 0.282 e. The van der Waals surface area contributed by atoms with Crippen LogP contribution in [0.1, 0.15) is 50.3 Å². The Morgan fingerprint density at radius 1 is 1.15 bits per heavy atom. The quantitative estimate of drug-likeness (QED) is 0.810. The highest BCUT2D eigenvalue weighted by molar-refractivity contribution is 7.86. The minimum atomic E-state index is -3.36. The van der Waals surface area contributed by atoms with Gasteiger partial charge in [-0.1, -0.05) is 38.1 Å². The Morgan fingerprint density at radius 2 is 1.92 bits per heavy atom. The second-order valence-electron chi connectivity index (χ2n) is 7.87. The molecule has 2 fully saturated rings. The number of hydrogen-bond donors (Lipinski definition) is 0. The van der Waals surface area contributed by atoms with E-state index in [-0.39, 0.29) is 6.04 Å². The van der Waals surface area contributed by atoms with Crippen molar-refractivity contribution in [3.8, 4) is 0 Å². The van der Waals surface area contributed by atoms with Gasteiger partial charge in [-0.2, -0.15) is 17.0 Å². The van der Waals surface area contributed by atoms with E-state index in [1.165, 1.54) is 11.1 Å². The van der Waals surface area contributed by atoms with Crippen LogP contribution in [-0.2, 0) is 16.6 Å². The van der Waals surface area contributed by atoms with Gasteiger partial charge in [-0.05, 0) is 42.7 Å². The van der Waals surface area contributed by atoms with Crippen LogP contribution in [0.5, 0.6) is 0 Å². The van der Waals surface area contributed by atoms with E-state index >= 15 is 0 Å². The Hall–Kier alpha value is -0.950. The Balaban J connectivity index is 1.64. The molecule has 0 aliphatic carbocycles. The Kier molecular flexibility index (Phi) is 5.12. The van der Waals surface area contributed by atoms with Crippen LogP contribution in [0.15, 0.2) is 24.3 Å². The third kappa shape index (κ3) is 3.01. The van der Waals surface area contributed by atoms with Gasteiger partial charge in [0.25, 0.3) is 10.2 Å². The third-order valence-electron chi connectivity index (χ3n) is 6.65. The van der Waals surface area contributed by atoms with Crippen LogP contribution in [-0.4, -0.2) is 60.7 Å². The van der Waals surface area contributed by atoms with E-state index in [9.17, 15) is 8.42 Å². The maximum absolute atomic E-state index is 13.2. The van der Waals surface area contributed by atoms with E-state index in [1.807, 2.05) is 18.2 Å². The lowest BCUT2D eigenvalue weighted by atomic mass is 9.77. The van der Waals surface area contributed by atoms with E-state index < -0.39 is 10.2 Å². The molecule has 1 aromatic rings. The number of hydrogen-bond acceptors (Lipinski definition) is 3. The van der Waals surface area contributed by atoms with Crippen molar-refractivity contribution in [1.29, 1.82) is 0 Å². The van der Waals surface area contributed by atoms with Gasteiger partial charge in [0, 0.05) is 44.8 Å². The summed E-state index contributed by atoms with van der Waals surface area (Å²) in [6, 6.07) is 9.25. The fourth-order valence-electron chi connectivity index (χ4n) is 5.34. The average molecular weight is 378 g/mol. The van der Waals surface area contributed by atoms with Gasteiger partial charge in [0.15, 0.2) is 0 Å². The Morgan fingerprint density at radius 3 is 2.69 bits per heavy atom. The van der Waals surface area contributed by atoms with Crippen molar-refractivity contribution in [2.45, 2.75) is 51.6 Å². The van der Waals surface area contributed by atoms with E-state index in [2.05, 4.69) is 29.2 Å². The topological polar surface area (TPSA) is 43.9 Å². The SMILES string of the molecule is CCN(CC)S(=O)(=O)N1CCC[C@@H]2CN3CCc4ccccc4[C@@H]3C[C@@H]21. The second-order valence-corrected chi connectivity index (χ2v) is 9.75. The Bertz CT molecular complexity index is 747. The molecule has 0 amide bonds. The van der Waals surface area contributed by atoms with E-state index in [0.717, 1.165) is 38.8 Å². The highest BCUT2D eigenvalue weighted by Crippen LogP contribution is 2.43. The van der Waals surface area contributed by atoms with Crippen molar-refractivity contribution in [3.05, 3.63) is 35.4 Å². The van der Waals surface area contributed by atoms with Crippen LogP contribution in [0.25, 0.3) is 0 Å². The molecule has 0 radical (unpaired) electrons. The lowest BCUT2D eigenvalue weighted by Crippen LogP contribution is -2.59. The van der Waals surface area contributed by atoms with Crippen LogP contribution in [0, 0.1) is 5.92 Å². The van der Waals surface area contributed by atoms with Gasteiger partial charge in [0.2, 0.25) is 0 Å². The fraction of sp³-hybridized carbons (Fsp3) is 0.700. The van der Waals surface area contributed by atoms with Crippen LogP contribution < -0.4 is 0 Å². The van der Waals surface area contributed by atoms with Crippen molar-refractivity contribution in [1.82, 2.24) is 13.5 Å². The number of fused-ring (bicyclic) bond motifs is 4. The van der Waals surface area contributed by atoms with E-state index in [0.29, 0.717) is 31.6 Å². The lowest BCUT2D eigenvalue weighted by Gasteiger charge is -2.52. The summed E-state index contributed by atoms with van der Waals surface area (Å²) in [7, 11) is -3.36. The van der Waals surface area contributed by atoms with Gasteiger partial charge in [-0.25, -0.2) is 0 Å². The number of piperidine rings is 2. The van der Waals surface area contributed by atoms with Crippen molar-refractivity contribution in [2.75, 3.05) is 32.7 Å². The molecule has 144 valence electrons. The number of rotatable bonds is 4. The van der Waals surface area contributed by atoms with Crippen LogP contribution in [0.3, 0.4) is 0 Å². The summed E-state index contributed by atoms with van der Waals surface area (Å²) >= 11 is 0. The van der Waals surface area contributed by atoms with Gasteiger partial charge in [-0.15, -0.1) is 0 Å². The minimum Gasteiger partial charge on any atom is -0.296 e. The van der Waals surface area contributed by atoms with Crippen molar-refractivity contribution < 1.29 is 8.42 Å².